The first-order chi connectivity index (χ1) is 12.0. The van der Waals surface area contributed by atoms with E-state index in [4.69, 9.17) is 11.6 Å². The smallest absolute Gasteiger partial charge is 0.257 e. The molecule has 1 aliphatic heterocycles. The molecule has 1 aliphatic rings. The molecular formula is C18H12ClF3N2O. The molecule has 2 aromatic carbocycles. The van der Waals surface area contributed by atoms with Crippen molar-refractivity contribution in [3.63, 3.8) is 0 Å². The average Bonchev–Trinajstić information content (AvgIpc) is 2.95. The van der Waals surface area contributed by atoms with Gasteiger partial charge in [-0.15, -0.1) is 0 Å². The number of nitrogens with one attached hydrogen (secondary N) is 1. The number of aromatic nitrogens is 1. The standard InChI is InChI=1S/C18H12ClF3N2O/c19-9-1-2-10-12-8-24(6-5-14(12)23-15(10)7-9)18(25)11-3-4-13(20)17(22)16(11)21/h1-4,7,23H,5-6,8H2. The highest BCUT2D eigenvalue weighted by atomic mass is 35.5. The van der Waals surface area contributed by atoms with Gasteiger partial charge in [0.1, 0.15) is 0 Å². The van der Waals surface area contributed by atoms with Crippen LogP contribution in [0.2, 0.25) is 5.02 Å². The summed E-state index contributed by atoms with van der Waals surface area (Å²) < 4.78 is 40.4. The Morgan fingerprint density at radius 3 is 2.72 bits per heavy atom. The molecule has 0 bridgehead atoms. The van der Waals surface area contributed by atoms with Crippen molar-refractivity contribution in [1.29, 1.82) is 0 Å². The van der Waals surface area contributed by atoms with Gasteiger partial charge in [0, 0.05) is 46.7 Å². The maximum absolute atomic E-state index is 13.9. The molecule has 0 spiro atoms. The number of nitrogens with zero attached hydrogens (tertiary/aromatic N) is 1. The van der Waals surface area contributed by atoms with Crippen molar-refractivity contribution in [2.45, 2.75) is 13.0 Å². The number of benzene rings is 2. The van der Waals surface area contributed by atoms with Gasteiger partial charge in [0.2, 0.25) is 0 Å². The molecule has 1 aromatic heterocycles. The summed E-state index contributed by atoms with van der Waals surface area (Å²) in [6.07, 6.45) is 0.554. The number of carbonyl (C=O) groups excluding carboxylic acids is 1. The Morgan fingerprint density at radius 1 is 1.12 bits per heavy atom. The normalized spacial score (nSPS) is 14.0. The third-order valence-electron chi connectivity index (χ3n) is 4.49. The third kappa shape index (κ3) is 2.57. The van der Waals surface area contributed by atoms with Crippen LogP contribution < -0.4 is 0 Å². The first-order valence-corrected chi connectivity index (χ1v) is 8.05. The predicted molar refractivity (Wildman–Crippen MR) is 88.1 cm³/mol. The van der Waals surface area contributed by atoms with E-state index in [1.54, 1.807) is 12.1 Å². The maximum Gasteiger partial charge on any atom is 0.257 e. The summed E-state index contributed by atoms with van der Waals surface area (Å²) in [5, 5.41) is 1.53. The zero-order valence-electron chi connectivity index (χ0n) is 12.9. The molecule has 1 N–H and O–H groups in total. The molecule has 128 valence electrons. The van der Waals surface area contributed by atoms with Gasteiger partial charge in [0.05, 0.1) is 5.56 Å². The van der Waals surface area contributed by atoms with E-state index < -0.39 is 28.9 Å². The Hall–Kier alpha value is -2.47. The zero-order chi connectivity index (χ0) is 17.7. The lowest BCUT2D eigenvalue weighted by Crippen LogP contribution is -2.36. The lowest BCUT2D eigenvalue weighted by molar-refractivity contribution is 0.0729. The fraction of sp³-hybridized carbons (Fsp3) is 0.167. The van der Waals surface area contributed by atoms with E-state index in [0.29, 0.717) is 18.0 Å². The van der Waals surface area contributed by atoms with Gasteiger partial charge in [0.25, 0.3) is 5.91 Å². The van der Waals surface area contributed by atoms with Crippen LogP contribution in [0.1, 0.15) is 21.6 Å². The average molecular weight is 365 g/mol. The van der Waals surface area contributed by atoms with Crippen molar-refractivity contribution >= 4 is 28.4 Å². The highest BCUT2D eigenvalue weighted by Crippen LogP contribution is 2.30. The lowest BCUT2D eigenvalue weighted by atomic mass is 10.0. The molecule has 0 atom stereocenters. The SMILES string of the molecule is O=C(c1ccc(F)c(F)c1F)N1CCc2[nH]c3cc(Cl)ccc3c2C1. The molecule has 3 aromatic rings. The van der Waals surface area contributed by atoms with Crippen LogP contribution in [0.25, 0.3) is 10.9 Å². The van der Waals surface area contributed by atoms with Gasteiger partial charge in [-0.1, -0.05) is 17.7 Å². The number of halogens is 4. The summed E-state index contributed by atoms with van der Waals surface area (Å²) in [7, 11) is 0. The zero-order valence-corrected chi connectivity index (χ0v) is 13.6. The Morgan fingerprint density at radius 2 is 1.92 bits per heavy atom. The molecule has 0 saturated carbocycles. The first-order valence-electron chi connectivity index (χ1n) is 7.67. The van der Waals surface area contributed by atoms with Gasteiger partial charge in [-0.05, 0) is 24.3 Å². The number of aromatic amines is 1. The van der Waals surface area contributed by atoms with Crippen LogP contribution in [0, 0.1) is 17.5 Å². The minimum absolute atomic E-state index is 0.258. The van der Waals surface area contributed by atoms with Gasteiger partial charge in [-0.3, -0.25) is 4.79 Å². The molecule has 4 rings (SSSR count). The quantitative estimate of drug-likeness (QED) is 0.637. The second-order valence-electron chi connectivity index (χ2n) is 5.97. The molecule has 1 amide bonds. The Kier molecular flexibility index (Phi) is 3.72. The van der Waals surface area contributed by atoms with Crippen LogP contribution in [0.15, 0.2) is 30.3 Å². The van der Waals surface area contributed by atoms with E-state index >= 15 is 0 Å². The van der Waals surface area contributed by atoms with Crippen molar-refractivity contribution in [1.82, 2.24) is 9.88 Å². The Balaban J connectivity index is 1.69. The number of H-pyrrole nitrogens is 1. The van der Waals surface area contributed by atoms with Crippen molar-refractivity contribution in [3.05, 3.63) is 69.6 Å². The summed E-state index contributed by atoms with van der Waals surface area (Å²) in [4.78, 5) is 17.3. The number of fused-ring (bicyclic) bond motifs is 3. The highest BCUT2D eigenvalue weighted by Gasteiger charge is 2.28. The minimum atomic E-state index is -1.63. The van der Waals surface area contributed by atoms with Gasteiger partial charge < -0.3 is 9.88 Å². The molecule has 0 radical (unpaired) electrons. The van der Waals surface area contributed by atoms with E-state index in [0.717, 1.165) is 34.3 Å². The van der Waals surface area contributed by atoms with E-state index in [1.807, 2.05) is 6.07 Å². The molecular weight excluding hydrogens is 353 g/mol. The number of hydrogen-bond acceptors (Lipinski definition) is 1. The van der Waals surface area contributed by atoms with E-state index in [9.17, 15) is 18.0 Å². The van der Waals surface area contributed by atoms with E-state index in [2.05, 4.69) is 4.98 Å². The van der Waals surface area contributed by atoms with Crippen LogP contribution in [0.5, 0.6) is 0 Å². The van der Waals surface area contributed by atoms with Crippen molar-refractivity contribution in [2.24, 2.45) is 0 Å². The van der Waals surface area contributed by atoms with Crippen molar-refractivity contribution < 1.29 is 18.0 Å². The molecule has 7 heteroatoms. The van der Waals surface area contributed by atoms with Crippen LogP contribution in [-0.4, -0.2) is 22.3 Å². The second kappa shape index (κ2) is 5.81. The summed E-state index contributed by atoms with van der Waals surface area (Å²) in [5.74, 6) is -5.07. The van der Waals surface area contributed by atoms with Crippen LogP contribution in [-0.2, 0) is 13.0 Å². The number of carbonyl (C=O) groups is 1. The third-order valence-corrected chi connectivity index (χ3v) is 4.73. The van der Waals surface area contributed by atoms with E-state index in [-0.39, 0.29) is 6.54 Å². The monoisotopic (exact) mass is 364 g/mol. The van der Waals surface area contributed by atoms with Gasteiger partial charge >= 0.3 is 0 Å². The molecule has 25 heavy (non-hydrogen) atoms. The molecule has 0 saturated heterocycles. The molecule has 0 aliphatic carbocycles. The summed E-state index contributed by atoms with van der Waals surface area (Å²) in [5.41, 5.74) is 2.32. The van der Waals surface area contributed by atoms with Gasteiger partial charge in [-0.2, -0.15) is 0 Å². The summed E-state index contributed by atoms with van der Waals surface area (Å²) in [6, 6.07) is 7.15. The topological polar surface area (TPSA) is 36.1 Å². The van der Waals surface area contributed by atoms with Crippen LogP contribution in [0.4, 0.5) is 13.2 Å². The molecule has 2 heterocycles. The van der Waals surface area contributed by atoms with Gasteiger partial charge in [-0.25, -0.2) is 13.2 Å². The molecule has 0 unspecified atom stereocenters. The second-order valence-corrected chi connectivity index (χ2v) is 6.41. The first kappa shape index (κ1) is 16.0. The van der Waals surface area contributed by atoms with Crippen LogP contribution >= 0.6 is 11.6 Å². The lowest BCUT2D eigenvalue weighted by Gasteiger charge is -2.27. The number of amides is 1. The van der Waals surface area contributed by atoms with Crippen molar-refractivity contribution in [2.75, 3.05) is 6.54 Å². The Bertz CT molecular complexity index is 1020. The minimum Gasteiger partial charge on any atom is -0.358 e. The number of hydrogen-bond donors (Lipinski definition) is 1. The summed E-state index contributed by atoms with van der Waals surface area (Å²) >= 11 is 5.99. The largest absolute Gasteiger partial charge is 0.358 e. The fourth-order valence-corrected chi connectivity index (χ4v) is 3.40. The highest BCUT2D eigenvalue weighted by molar-refractivity contribution is 6.31. The summed E-state index contributed by atoms with van der Waals surface area (Å²) in [6.45, 7) is 0.610. The fourth-order valence-electron chi connectivity index (χ4n) is 3.23. The van der Waals surface area contributed by atoms with Crippen LogP contribution in [0.3, 0.4) is 0 Å². The number of rotatable bonds is 1. The van der Waals surface area contributed by atoms with Gasteiger partial charge in [0.15, 0.2) is 17.5 Å². The Labute approximate surface area is 146 Å². The maximum atomic E-state index is 13.9. The predicted octanol–water partition coefficient (Wildman–Crippen LogP) is 4.44. The van der Waals surface area contributed by atoms with E-state index in [1.165, 1.54) is 4.90 Å². The van der Waals surface area contributed by atoms with Crippen molar-refractivity contribution in [3.8, 4) is 0 Å². The molecule has 0 fully saturated rings. The molecule has 3 nitrogen and oxygen atoms in total.